The Hall–Kier alpha value is -2.61. The summed E-state index contributed by atoms with van der Waals surface area (Å²) in [4.78, 5) is 31.8. The fourth-order valence-corrected chi connectivity index (χ4v) is 2.98. The van der Waals surface area contributed by atoms with E-state index >= 15 is 0 Å². The second kappa shape index (κ2) is 7.52. The van der Waals surface area contributed by atoms with Crippen LogP contribution in [0.5, 0.6) is 0 Å². The standard InChI is InChI=1S/C17H19N5O2S/c1-22-15(23)8-7-14(21-22)17(24)20-13(9-10-25-2)16-18-11-5-3-4-6-12(11)19-16/h3-8,13H,9-10H2,1-2H3,(H,18,19)(H,20,24)/t13-/m0/s1. The maximum absolute atomic E-state index is 12.5. The predicted molar refractivity (Wildman–Crippen MR) is 98.8 cm³/mol. The van der Waals surface area contributed by atoms with Crippen molar-refractivity contribution in [2.24, 2.45) is 7.05 Å². The molecule has 1 aromatic carbocycles. The molecule has 3 aromatic rings. The molecule has 2 aromatic heterocycles. The van der Waals surface area contributed by atoms with E-state index in [1.807, 2.05) is 30.5 Å². The van der Waals surface area contributed by atoms with Crippen LogP contribution in [-0.2, 0) is 7.05 Å². The molecule has 0 aliphatic heterocycles. The lowest BCUT2D eigenvalue weighted by atomic mass is 10.2. The normalized spacial score (nSPS) is 12.2. The Morgan fingerprint density at radius 1 is 1.32 bits per heavy atom. The van der Waals surface area contributed by atoms with Gasteiger partial charge in [-0.05, 0) is 36.6 Å². The number of para-hydroxylation sites is 2. The highest BCUT2D eigenvalue weighted by atomic mass is 32.2. The number of imidazole rings is 1. The number of carbonyl (C=O) groups excluding carboxylic acids is 1. The molecule has 0 saturated carbocycles. The van der Waals surface area contributed by atoms with E-state index in [0.29, 0.717) is 5.82 Å². The lowest BCUT2D eigenvalue weighted by Gasteiger charge is -2.16. The smallest absolute Gasteiger partial charge is 0.272 e. The molecule has 8 heteroatoms. The first-order valence-electron chi connectivity index (χ1n) is 7.87. The number of H-pyrrole nitrogens is 1. The predicted octanol–water partition coefficient (Wildman–Crippen LogP) is 1.88. The number of nitrogens with zero attached hydrogens (tertiary/aromatic N) is 3. The SMILES string of the molecule is CSCC[C@H](NC(=O)c1ccc(=O)n(C)n1)c1nc2ccccc2[nH]1. The van der Waals surface area contributed by atoms with Gasteiger partial charge in [-0.1, -0.05) is 12.1 Å². The molecule has 0 spiro atoms. The number of fused-ring (bicyclic) bond motifs is 1. The lowest BCUT2D eigenvalue weighted by Crippen LogP contribution is -2.32. The van der Waals surface area contributed by atoms with Gasteiger partial charge < -0.3 is 10.3 Å². The molecule has 0 saturated heterocycles. The van der Waals surface area contributed by atoms with Crippen LogP contribution >= 0.6 is 11.8 Å². The van der Waals surface area contributed by atoms with Gasteiger partial charge in [0.05, 0.1) is 17.1 Å². The number of carbonyl (C=O) groups is 1. The molecule has 0 bridgehead atoms. The van der Waals surface area contributed by atoms with Crippen molar-refractivity contribution in [2.75, 3.05) is 12.0 Å². The molecule has 0 aliphatic rings. The van der Waals surface area contributed by atoms with Crippen molar-refractivity contribution in [1.82, 2.24) is 25.1 Å². The number of thioether (sulfide) groups is 1. The highest BCUT2D eigenvalue weighted by molar-refractivity contribution is 7.98. The van der Waals surface area contributed by atoms with E-state index in [1.165, 1.54) is 19.2 Å². The van der Waals surface area contributed by atoms with Crippen molar-refractivity contribution in [2.45, 2.75) is 12.5 Å². The van der Waals surface area contributed by atoms with Crippen LogP contribution < -0.4 is 10.9 Å². The average molecular weight is 357 g/mol. The molecule has 0 fully saturated rings. The van der Waals surface area contributed by atoms with E-state index in [4.69, 9.17) is 0 Å². The highest BCUT2D eigenvalue weighted by Crippen LogP contribution is 2.20. The molecule has 25 heavy (non-hydrogen) atoms. The molecular weight excluding hydrogens is 338 g/mol. The number of amides is 1. The summed E-state index contributed by atoms with van der Waals surface area (Å²) < 4.78 is 1.15. The molecule has 7 nitrogen and oxygen atoms in total. The Labute approximate surface area is 148 Å². The molecule has 130 valence electrons. The Balaban J connectivity index is 1.86. The van der Waals surface area contributed by atoms with Gasteiger partial charge in [-0.2, -0.15) is 16.9 Å². The second-order valence-electron chi connectivity index (χ2n) is 5.63. The maximum Gasteiger partial charge on any atom is 0.272 e. The molecule has 3 rings (SSSR count). The van der Waals surface area contributed by atoms with Gasteiger partial charge in [0, 0.05) is 13.1 Å². The molecule has 1 amide bonds. The molecular formula is C17H19N5O2S. The molecule has 0 aliphatic carbocycles. The summed E-state index contributed by atoms with van der Waals surface area (Å²) in [7, 11) is 1.52. The molecule has 0 radical (unpaired) electrons. The van der Waals surface area contributed by atoms with Crippen LogP contribution in [0.3, 0.4) is 0 Å². The van der Waals surface area contributed by atoms with Gasteiger partial charge in [0.15, 0.2) is 0 Å². The largest absolute Gasteiger partial charge is 0.341 e. The number of hydrogen-bond acceptors (Lipinski definition) is 5. The lowest BCUT2D eigenvalue weighted by molar-refractivity contribution is 0.0927. The van der Waals surface area contributed by atoms with Crippen molar-refractivity contribution < 1.29 is 4.79 Å². The number of nitrogens with one attached hydrogen (secondary N) is 2. The molecule has 2 N–H and O–H groups in total. The van der Waals surface area contributed by atoms with Gasteiger partial charge in [0.2, 0.25) is 0 Å². The van der Waals surface area contributed by atoms with Crippen LogP contribution in [0.4, 0.5) is 0 Å². The number of aromatic nitrogens is 4. The van der Waals surface area contributed by atoms with E-state index in [2.05, 4.69) is 20.4 Å². The fourth-order valence-electron chi connectivity index (χ4n) is 2.51. The quantitative estimate of drug-likeness (QED) is 0.703. The summed E-state index contributed by atoms with van der Waals surface area (Å²) in [6.07, 6.45) is 2.75. The summed E-state index contributed by atoms with van der Waals surface area (Å²) in [5.74, 6) is 1.26. The zero-order chi connectivity index (χ0) is 17.8. The van der Waals surface area contributed by atoms with E-state index < -0.39 is 0 Å². The van der Waals surface area contributed by atoms with Gasteiger partial charge in [-0.3, -0.25) is 9.59 Å². The van der Waals surface area contributed by atoms with Gasteiger partial charge in [0.25, 0.3) is 11.5 Å². The number of benzene rings is 1. The molecule has 0 unspecified atom stereocenters. The topological polar surface area (TPSA) is 92.7 Å². The van der Waals surface area contributed by atoms with Crippen molar-refractivity contribution in [3.8, 4) is 0 Å². The van der Waals surface area contributed by atoms with E-state index in [1.54, 1.807) is 11.8 Å². The summed E-state index contributed by atoms with van der Waals surface area (Å²) in [5, 5.41) is 6.97. The Morgan fingerprint density at radius 2 is 2.12 bits per heavy atom. The van der Waals surface area contributed by atoms with E-state index in [0.717, 1.165) is 27.9 Å². The van der Waals surface area contributed by atoms with E-state index in [-0.39, 0.29) is 23.2 Å². The van der Waals surface area contributed by atoms with Gasteiger partial charge in [-0.25, -0.2) is 9.67 Å². The number of rotatable bonds is 6. The van der Waals surface area contributed by atoms with Crippen LogP contribution in [0.15, 0.2) is 41.2 Å². The fraction of sp³-hybridized carbons (Fsp3) is 0.294. The minimum atomic E-state index is -0.331. The highest BCUT2D eigenvalue weighted by Gasteiger charge is 2.20. The number of aromatic amines is 1. The third-order valence-electron chi connectivity index (χ3n) is 3.85. The third kappa shape index (κ3) is 3.90. The first-order valence-corrected chi connectivity index (χ1v) is 9.26. The summed E-state index contributed by atoms with van der Waals surface area (Å²) in [6.45, 7) is 0. The van der Waals surface area contributed by atoms with Crippen LogP contribution in [0, 0.1) is 0 Å². The van der Waals surface area contributed by atoms with Crippen molar-refractivity contribution in [3.63, 3.8) is 0 Å². The summed E-state index contributed by atoms with van der Waals surface area (Å²) >= 11 is 1.70. The average Bonchev–Trinajstić information content (AvgIpc) is 3.04. The zero-order valence-corrected chi connectivity index (χ0v) is 14.8. The number of hydrogen-bond donors (Lipinski definition) is 2. The Kier molecular flexibility index (Phi) is 5.18. The number of aryl methyl sites for hydroxylation is 1. The van der Waals surface area contributed by atoms with Gasteiger partial charge >= 0.3 is 0 Å². The minimum absolute atomic E-state index is 0.201. The minimum Gasteiger partial charge on any atom is -0.341 e. The first-order chi connectivity index (χ1) is 12.1. The van der Waals surface area contributed by atoms with Crippen LogP contribution in [0.2, 0.25) is 0 Å². The Morgan fingerprint density at radius 3 is 2.84 bits per heavy atom. The van der Waals surface area contributed by atoms with Crippen molar-refractivity contribution in [3.05, 3.63) is 58.3 Å². The Bertz CT molecular complexity index is 916. The van der Waals surface area contributed by atoms with Crippen LogP contribution in [0.25, 0.3) is 11.0 Å². The van der Waals surface area contributed by atoms with E-state index in [9.17, 15) is 9.59 Å². The van der Waals surface area contributed by atoms with Crippen molar-refractivity contribution >= 4 is 28.7 Å². The third-order valence-corrected chi connectivity index (χ3v) is 4.49. The molecule has 1 atom stereocenters. The van der Waals surface area contributed by atoms with Crippen LogP contribution in [-0.4, -0.2) is 37.7 Å². The first kappa shape index (κ1) is 17.2. The van der Waals surface area contributed by atoms with Gasteiger partial charge in [-0.15, -0.1) is 0 Å². The molecule has 2 heterocycles. The monoisotopic (exact) mass is 357 g/mol. The maximum atomic E-state index is 12.5. The van der Waals surface area contributed by atoms with Crippen molar-refractivity contribution in [1.29, 1.82) is 0 Å². The van der Waals surface area contributed by atoms with Crippen LogP contribution in [0.1, 0.15) is 28.8 Å². The zero-order valence-electron chi connectivity index (χ0n) is 14.0. The second-order valence-corrected chi connectivity index (χ2v) is 6.61. The summed E-state index contributed by atoms with van der Waals surface area (Å²) in [5.41, 5.74) is 1.74. The summed E-state index contributed by atoms with van der Waals surface area (Å²) in [6, 6.07) is 10.3. The van der Waals surface area contributed by atoms with Gasteiger partial charge in [0.1, 0.15) is 11.5 Å².